The Kier molecular flexibility index (Phi) is 11.3. The average Bonchev–Trinajstić information content (AvgIpc) is 2.35. The van der Waals surface area contributed by atoms with E-state index in [-0.39, 0.29) is 12.8 Å². The summed E-state index contributed by atoms with van der Waals surface area (Å²) < 4.78 is 0. The van der Waals surface area contributed by atoms with Gasteiger partial charge in [-0.15, -0.1) is 0 Å². The molecule has 112 valence electrons. The maximum absolute atomic E-state index is 10.5. The Labute approximate surface area is 116 Å². The molecule has 0 fully saturated rings. The molecule has 4 nitrogen and oxygen atoms in total. The lowest BCUT2D eigenvalue weighted by atomic mass is 9.93. The number of aliphatic carboxylic acids is 2. The summed E-state index contributed by atoms with van der Waals surface area (Å²) in [6.07, 6.45) is 9.95. The van der Waals surface area contributed by atoms with Gasteiger partial charge in [0.15, 0.2) is 0 Å². The molecule has 0 saturated carbocycles. The summed E-state index contributed by atoms with van der Waals surface area (Å²) in [5.74, 6) is -0.857. The molecule has 4 heteroatoms. The van der Waals surface area contributed by atoms with Crippen molar-refractivity contribution in [3.8, 4) is 0 Å². The maximum Gasteiger partial charge on any atom is 0.303 e. The fourth-order valence-corrected chi connectivity index (χ4v) is 2.30. The Bertz CT molecular complexity index is 251. The lowest BCUT2D eigenvalue weighted by Gasteiger charge is -2.13. The molecule has 0 aromatic heterocycles. The van der Waals surface area contributed by atoms with E-state index in [2.05, 4.69) is 6.92 Å². The van der Waals surface area contributed by atoms with E-state index in [1.165, 1.54) is 6.42 Å². The van der Waals surface area contributed by atoms with Crippen LogP contribution in [0.15, 0.2) is 0 Å². The highest BCUT2D eigenvalue weighted by Crippen LogP contribution is 2.19. The Balaban J connectivity index is 3.35. The molecule has 0 aliphatic carbocycles. The topological polar surface area (TPSA) is 74.6 Å². The molecule has 0 aromatic rings. The first-order valence-corrected chi connectivity index (χ1v) is 7.49. The van der Waals surface area contributed by atoms with Gasteiger partial charge in [0.05, 0.1) is 0 Å². The molecule has 0 aliphatic rings. The van der Waals surface area contributed by atoms with Crippen molar-refractivity contribution in [2.75, 3.05) is 0 Å². The summed E-state index contributed by atoms with van der Waals surface area (Å²) in [5.41, 5.74) is 0. The minimum absolute atomic E-state index is 0.285. The summed E-state index contributed by atoms with van der Waals surface area (Å²) >= 11 is 0. The van der Waals surface area contributed by atoms with Crippen LogP contribution in [0.1, 0.15) is 77.6 Å². The van der Waals surface area contributed by atoms with Crippen molar-refractivity contribution >= 4 is 11.9 Å². The Morgan fingerprint density at radius 2 is 1.32 bits per heavy atom. The van der Waals surface area contributed by atoms with Crippen molar-refractivity contribution in [2.45, 2.75) is 77.6 Å². The van der Waals surface area contributed by atoms with Crippen molar-refractivity contribution < 1.29 is 19.8 Å². The number of carboxylic acid groups (broad SMARTS) is 2. The number of hydrogen-bond donors (Lipinski definition) is 2. The van der Waals surface area contributed by atoms with Gasteiger partial charge in [-0.25, -0.2) is 0 Å². The van der Waals surface area contributed by atoms with Crippen LogP contribution in [-0.4, -0.2) is 22.2 Å². The van der Waals surface area contributed by atoms with E-state index in [1.807, 2.05) is 0 Å². The van der Waals surface area contributed by atoms with E-state index >= 15 is 0 Å². The predicted octanol–water partition coefficient (Wildman–Crippen LogP) is 4.08. The zero-order valence-corrected chi connectivity index (χ0v) is 12.1. The van der Waals surface area contributed by atoms with Crippen LogP contribution in [0.4, 0.5) is 0 Å². The van der Waals surface area contributed by atoms with Crippen molar-refractivity contribution in [3.05, 3.63) is 0 Å². The van der Waals surface area contributed by atoms with E-state index in [9.17, 15) is 9.59 Å². The summed E-state index contributed by atoms with van der Waals surface area (Å²) in [6, 6.07) is 0. The van der Waals surface area contributed by atoms with Crippen LogP contribution >= 0.6 is 0 Å². The first kappa shape index (κ1) is 17.9. The van der Waals surface area contributed by atoms with E-state index in [1.54, 1.807) is 0 Å². The first-order chi connectivity index (χ1) is 9.06. The lowest BCUT2D eigenvalue weighted by Crippen LogP contribution is -2.03. The van der Waals surface area contributed by atoms with Crippen molar-refractivity contribution in [3.63, 3.8) is 0 Å². The summed E-state index contributed by atoms with van der Waals surface area (Å²) in [7, 11) is 0. The second-order valence-electron chi connectivity index (χ2n) is 5.26. The number of hydrogen-bond acceptors (Lipinski definition) is 2. The van der Waals surface area contributed by atoms with Gasteiger partial charge in [-0.05, 0) is 18.8 Å². The summed E-state index contributed by atoms with van der Waals surface area (Å²) in [6.45, 7) is 2.12. The van der Waals surface area contributed by atoms with E-state index in [0.717, 1.165) is 51.4 Å². The van der Waals surface area contributed by atoms with Crippen LogP contribution in [0.5, 0.6) is 0 Å². The minimum atomic E-state index is -0.704. The molecule has 0 aliphatic heterocycles. The monoisotopic (exact) mass is 272 g/mol. The Hall–Kier alpha value is -1.06. The fraction of sp³-hybridized carbons (Fsp3) is 0.867. The largest absolute Gasteiger partial charge is 0.481 e. The zero-order valence-electron chi connectivity index (χ0n) is 12.1. The van der Waals surface area contributed by atoms with Crippen LogP contribution < -0.4 is 0 Å². The zero-order chi connectivity index (χ0) is 14.5. The highest BCUT2D eigenvalue weighted by atomic mass is 16.4. The van der Waals surface area contributed by atoms with Gasteiger partial charge in [-0.3, -0.25) is 9.59 Å². The smallest absolute Gasteiger partial charge is 0.303 e. The number of unbranched alkanes of at least 4 members (excludes halogenated alkanes) is 5. The molecule has 0 heterocycles. The molecule has 0 bridgehead atoms. The highest BCUT2D eigenvalue weighted by Gasteiger charge is 2.08. The molecular weight excluding hydrogens is 244 g/mol. The quantitative estimate of drug-likeness (QED) is 0.495. The van der Waals surface area contributed by atoms with Crippen LogP contribution in [0, 0.1) is 5.92 Å². The molecule has 2 N–H and O–H groups in total. The van der Waals surface area contributed by atoms with Gasteiger partial charge in [-0.2, -0.15) is 0 Å². The molecular formula is C15H28O4. The minimum Gasteiger partial charge on any atom is -0.481 e. The van der Waals surface area contributed by atoms with Crippen LogP contribution in [0.3, 0.4) is 0 Å². The Morgan fingerprint density at radius 3 is 1.84 bits per heavy atom. The Morgan fingerprint density at radius 1 is 0.789 bits per heavy atom. The van der Waals surface area contributed by atoms with Gasteiger partial charge < -0.3 is 10.2 Å². The van der Waals surface area contributed by atoms with Gasteiger partial charge in [0, 0.05) is 12.8 Å². The third kappa shape index (κ3) is 13.2. The molecule has 0 amide bonds. The molecule has 19 heavy (non-hydrogen) atoms. The molecule has 1 unspecified atom stereocenters. The third-order valence-electron chi connectivity index (χ3n) is 3.60. The van der Waals surface area contributed by atoms with Crippen LogP contribution in [0.25, 0.3) is 0 Å². The van der Waals surface area contributed by atoms with Gasteiger partial charge in [-0.1, -0.05) is 51.9 Å². The average molecular weight is 272 g/mol. The normalized spacial score (nSPS) is 12.3. The maximum atomic E-state index is 10.5. The molecule has 0 rings (SSSR count). The fourth-order valence-electron chi connectivity index (χ4n) is 2.30. The number of rotatable bonds is 13. The van der Waals surface area contributed by atoms with Crippen LogP contribution in [-0.2, 0) is 9.59 Å². The third-order valence-corrected chi connectivity index (χ3v) is 3.60. The van der Waals surface area contributed by atoms with Gasteiger partial charge in [0.1, 0.15) is 0 Å². The molecule has 0 aromatic carbocycles. The van der Waals surface area contributed by atoms with E-state index < -0.39 is 11.9 Å². The van der Waals surface area contributed by atoms with Gasteiger partial charge in [0.2, 0.25) is 0 Å². The lowest BCUT2D eigenvalue weighted by molar-refractivity contribution is -0.138. The molecule has 0 radical (unpaired) electrons. The van der Waals surface area contributed by atoms with Crippen molar-refractivity contribution in [1.82, 2.24) is 0 Å². The molecule has 0 saturated heterocycles. The van der Waals surface area contributed by atoms with Crippen LogP contribution in [0.2, 0.25) is 0 Å². The number of carbonyl (C=O) groups is 2. The van der Waals surface area contributed by atoms with Gasteiger partial charge in [0.25, 0.3) is 0 Å². The standard InChI is InChI=1S/C15H28O4/c1-2-13(11-12-15(18)19)9-7-5-3-4-6-8-10-14(16)17/h13H,2-12H2,1H3,(H,16,17)(H,18,19). The summed E-state index contributed by atoms with van der Waals surface area (Å²) in [5, 5.41) is 17.1. The SMILES string of the molecule is CCC(CCCCCCCCC(=O)O)CCC(=O)O. The molecule has 1 atom stereocenters. The van der Waals surface area contributed by atoms with Gasteiger partial charge >= 0.3 is 11.9 Å². The number of carboxylic acids is 2. The van der Waals surface area contributed by atoms with E-state index in [4.69, 9.17) is 10.2 Å². The second-order valence-corrected chi connectivity index (χ2v) is 5.26. The van der Waals surface area contributed by atoms with Crippen molar-refractivity contribution in [2.24, 2.45) is 5.92 Å². The van der Waals surface area contributed by atoms with Crippen molar-refractivity contribution in [1.29, 1.82) is 0 Å². The highest BCUT2D eigenvalue weighted by molar-refractivity contribution is 5.66. The molecule has 0 spiro atoms. The summed E-state index contributed by atoms with van der Waals surface area (Å²) in [4.78, 5) is 20.8. The second kappa shape index (κ2) is 12.0. The van der Waals surface area contributed by atoms with E-state index in [0.29, 0.717) is 5.92 Å². The first-order valence-electron chi connectivity index (χ1n) is 7.49. The predicted molar refractivity (Wildman–Crippen MR) is 75.2 cm³/mol.